The average Bonchev–Trinajstić information content (AvgIpc) is 3.22. The summed E-state index contributed by atoms with van der Waals surface area (Å²) in [4.78, 5) is 22.2. The van der Waals surface area contributed by atoms with Crippen LogP contribution in [0, 0.1) is 0 Å². The fourth-order valence-corrected chi connectivity index (χ4v) is 2.92. The van der Waals surface area contributed by atoms with Crippen LogP contribution in [0.4, 0.5) is 0 Å². The maximum Gasteiger partial charge on any atom is 0.268 e. The highest BCUT2D eigenvalue weighted by atomic mass is 35.5. The first-order valence-corrected chi connectivity index (χ1v) is 8.55. The van der Waals surface area contributed by atoms with Crippen molar-refractivity contribution in [1.29, 1.82) is 0 Å². The summed E-state index contributed by atoms with van der Waals surface area (Å²) in [6, 6.07) is 7.06. The van der Waals surface area contributed by atoms with Gasteiger partial charge in [-0.3, -0.25) is 4.79 Å². The first kappa shape index (κ1) is 16.6. The van der Waals surface area contributed by atoms with Crippen molar-refractivity contribution in [2.45, 2.75) is 26.3 Å². The van der Waals surface area contributed by atoms with Crippen LogP contribution in [0.1, 0.15) is 40.8 Å². The Morgan fingerprint density at radius 1 is 1.33 bits per heavy atom. The number of thiophene rings is 1. The second-order valence-electron chi connectivity index (χ2n) is 5.43. The Balaban J connectivity index is 1.63. The van der Waals surface area contributed by atoms with Crippen molar-refractivity contribution in [2.75, 3.05) is 0 Å². The third-order valence-electron chi connectivity index (χ3n) is 3.24. The number of carbonyl (C=O) groups excluding carboxylic acids is 1. The summed E-state index contributed by atoms with van der Waals surface area (Å²) in [6.07, 6.45) is 1.45. The Hall–Kier alpha value is -2.25. The molecule has 1 amide bonds. The molecule has 3 rings (SSSR count). The summed E-state index contributed by atoms with van der Waals surface area (Å²) >= 11 is 7.21. The van der Waals surface area contributed by atoms with Gasteiger partial charge in [-0.1, -0.05) is 30.6 Å². The zero-order valence-corrected chi connectivity index (χ0v) is 14.7. The van der Waals surface area contributed by atoms with Gasteiger partial charge >= 0.3 is 0 Å². The monoisotopic (exact) mass is 362 g/mol. The lowest BCUT2D eigenvalue weighted by Gasteiger charge is -2.03. The normalized spacial score (nSPS) is 11.0. The van der Waals surface area contributed by atoms with Crippen LogP contribution in [-0.2, 0) is 6.54 Å². The SMILES string of the molecule is CC(C)c1noc(-c2ccc(CNC(=O)c3ccc(Cl)nc3)s2)n1. The van der Waals surface area contributed by atoms with Gasteiger partial charge in [-0.05, 0) is 24.3 Å². The molecule has 124 valence electrons. The fraction of sp³-hybridized carbons (Fsp3) is 0.250. The van der Waals surface area contributed by atoms with Gasteiger partial charge in [0.15, 0.2) is 5.82 Å². The maximum atomic E-state index is 12.1. The minimum Gasteiger partial charge on any atom is -0.347 e. The van der Waals surface area contributed by atoms with E-state index in [9.17, 15) is 4.79 Å². The molecule has 3 aromatic rings. The summed E-state index contributed by atoms with van der Waals surface area (Å²) in [5.74, 6) is 1.20. The highest BCUT2D eigenvalue weighted by Crippen LogP contribution is 2.27. The minimum absolute atomic E-state index is 0.200. The maximum absolute atomic E-state index is 12.1. The largest absolute Gasteiger partial charge is 0.347 e. The van der Waals surface area contributed by atoms with Crippen molar-refractivity contribution in [1.82, 2.24) is 20.4 Å². The van der Waals surface area contributed by atoms with E-state index in [2.05, 4.69) is 20.4 Å². The van der Waals surface area contributed by atoms with E-state index >= 15 is 0 Å². The average molecular weight is 363 g/mol. The van der Waals surface area contributed by atoms with Gasteiger partial charge in [0.1, 0.15) is 5.15 Å². The zero-order valence-electron chi connectivity index (χ0n) is 13.1. The van der Waals surface area contributed by atoms with Crippen LogP contribution < -0.4 is 5.32 Å². The minimum atomic E-state index is -0.200. The number of halogens is 1. The van der Waals surface area contributed by atoms with E-state index in [1.54, 1.807) is 12.1 Å². The molecular formula is C16H15ClN4O2S. The van der Waals surface area contributed by atoms with Crippen LogP contribution in [0.2, 0.25) is 5.15 Å². The number of amides is 1. The summed E-state index contributed by atoms with van der Waals surface area (Å²) < 4.78 is 5.27. The highest BCUT2D eigenvalue weighted by molar-refractivity contribution is 7.15. The lowest BCUT2D eigenvalue weighted by atomic mass is 10.2. The van der Waals surface area contributed by atoms with E-state index in [1.165, 1.54) is 17.5 Å². The van der Waals surface area contributed by atoms with Gasteiger partial charge in [-0.15, -0.1) is 11.3 Å². The molecule has 0 atom stereocenters. The lowest BCUT2D eigenvalue weighted by Crippen LogP contribution is -2.22. The summed E-state index contributed by atoms with van der Waals surface area (Å²) in [7, 11) is 0. The molecule has 0 unspecified atom stereocenters. The number of hydrogen-bond acceptors (Lipinski definition) is 6. The molecule has 0 saturated carbocycles. The molecule has 3 heterocycles. The third-order valence-corrected chi connectivity index (χ3v) is 4.54. The lowest BCUT2D eigenvalue weighted by molar-refractivity contribution is 0.0951. The van der Waals surface area contributed by atoms with Crippen LogP contribution in [-0.4, -0.2) is 21.0 Å². The molecule has 8 heteroatoms. The standard InChI is InChI=1S/C16H15ClN4O2S/c1-9(2)14-20-16(23-21-14)12-5-4-11(24-12)8-19-15(22)10-3-6-13(17)18-7-10/h3-7,9H,8H2,1-2H3,(H,19,22). The molecular weight excluding hydrogens is 348 g/mol. The molecule has 24 heavy (non-hydrogen) atoms. The number of pyridine rings is 1. The van der Waals surface area contributed by atoms with Crippen LogP contribution in [0.5, 0.6) is 0 Å². The number of rotatable bonds is 5. The van der Waals surface area contributed by atoms with Gasteiger partial charge in [0.2, 0.25) is 0 Å². The molecule has 0 aromatic carbocycles. The number of hydrogen-bond donors (Lipinski definition) is 1. The molecule has 0 aliphatic rings. The first-order chi connectivity index (χ1) is 11.5. The number of carbonyl (C=O) groups is 1. The van der Waals surface area contributed by atoms with Crippen LogP contribution in [0.3, 0.4) is 0 Å². The number of nitrogens with one attached hydrogen (secondary N) is 1. The van der Waals surface area contributed by atoms with Crippen LogP contribution >= 0.6 is 22.9 Å². The van der Waals surface area contributed by atoms with Crippen molar-refractivity contribution in [3.8, 4) is 10.8 Å². The Kier molecular flexibility index (Phi) is 4.92. The zero-order chi connectivity index (χ0) is 17.1. The predicted molar refractivity (Wildman–Crippen MR) is 92.1 cm³/mol. The molecule has 1 N–H and O–H groups in total. The van der Waals surface area contributed by atoms with Crippen molar-refractivity contribution < 1.29 is 9.32 Å². The Morgan fingerprint density at radius 3 is 2.83 bits per heavy atom. The third kappa shape index (κ3) is 3.80. The summed E-state index contributed by atoms with van der Waals surface area (Å²) in [6.45, 7) is 4.43. The second-order valence-corrected chi connectivity index (χ2v) is 6.99. The second kappa shape index (κ2) is 7.11. The van der Waals surface area contributed by atoms with Gasteiger partial charge in [0.05, 0.1) is 17.0 Å². The smallest absolute Gasteiger partial charge is 0.268 e. The summed E-state index contributed by atoms with van der Waals surface area (Å²) in [5, 5.41) is 7.16. The van der Waals surface area contributed by atoms with Gasteiger partial charge in [-0.2, -0.15) is 4.98 Å². The Labute approximate surface area is 147 Å². The van der Waals surface area contributed by atoms with E-state index in [-0.39, 0.29) is 11.8 Å². The highest BCUT2D eigenvalue weighted by Gasteiger charge is 2.14. The molecule has 0 aliphatic heterocycles. The molecule has 0 radical (unpaired) electrons. The van der Waals surface area contributed by atoms with Crippen molar-refractivity contribution >= 4 is 28.8 Å². The van der Waals surface area contributed by atoms with Gasteiger partial charge in [0, 0.05) is 17.0 Å². The Morgan fingerprint density at radius 2 is 2.17 bits per heavy atom. The van der Waals surface area contributed by atoms with Crippen LogP contribution in [0.25, 0.3) is 10.8 Å². The van der Waals surface area contributed by atoms with E-state index in [0.29, 0.717) is 29.0 Å². The predicted octanol–water partition coefficient (Wildman–Crippen LogP) is 3.90. The molecule has 0 spiro atoms. The van der Waals surface area contributed by atoms with Crippen molar-refractivity contribution in [3.05, 3.63) is 51.9 Å². The van der Waals surface area contributed by atoms with Gasteiger partial charge < -0.3 is 9.84 Å². The molecule has 0 aliphatic carbocycles. The summed E-state index contributed by atoms with van der Waals surface area (Å²) in [5.41, 5.74) is 0.467. The van der Waals surface area contributed by atoms with Crippen LogP contribution in [0.15, 0.2) is 35.0 Å². The molecule has 0 bridgehead atoms. The first-order valence-electron chi connectivity index (χ1n) is 7.35. The topological polar surface area (TPSA) is 80.9 Å². The molecule has 0 fully saturated rings. The van der Waals surface area contributed by atoms with E-state index < -0.39 is 0 Å². The number of nitrogens with zero attached hydrogens (tertiary/aromatic N) is 3. The Bertz CT molecular complexity index is 842. The molecule has 0 saturated heterocycles. The van der Waals surface area contributed by atoms with E-state index in [1.807, 2.05) is 26.0 Å². The molecule has 3 aromatic heterocycles. The van der Waals surface area contributed by atoms with Crippen molar-refractivity contribution in [3.63, 3.8) is 0 Å². The van der Waals surface area contributed by atoms with Crippen molar-refractivity contribution in [2.24, 2.45) is 0 Å². The van der Waals surface area contributed by atoms with Gasteiger partial charge in [0.25, 0.3) is 11.8 Å². The van der Waals surface area contributed by atoms with E-state index in [0.717, 1.165) is 9.75 Å². The molecule has 6 nitrogen and oxygen atoms in total. The number of aromatic nitrogens is 3. The quantitative estimate of drug-likeness (QED) is 0.696. The van der Waals surface area contributed by atoms with Gasteiger partial charge in [-0.25, -0.2) is 4.98 Å². The van der Waals surface area contributed by atoms with E-state index in [4.69, 9.17) is 16.1 Å². The fourth-order valence-electron chi connectivity index (χ4n) is 1.94.